The maximum Gasteiger partial charge on any atom is 0.0658 e. The average Bonchev–Trinajstić information content (AvgIpc) is 2.02. The number of halogens is 1. The smallest absolute Gasteiger partial charge is 0.0658 e. The van der Waals surface area contributed by atoms with Crippen LogP contribution in [-0.2, 0) is 11.8 Å². The van der Waals surface area contributed by atoms with Gasteiger partial charge in [0.2, 0.25) is 0 Å². The van der Waals surface area contributed by atoms with E-state index in [-0.39, 0.29) is 5.41 Å². The summed E-state index contributed by atoms with van der Waals surface area (Å²) in [5.74, 6) is 0. The minimum absolute atomic E-state index is 0.101. The molecule has 0 spiro atoms. The minimum Gasteiger partial charge on any atom is -0.260 e. The number of pyridine rings is 1. The van der Waals surface area contributed by atoms with E-state index in [0.29, 0.717) is 0 Å². The Kier molecular flexibility index (Phi) is 2.97. The molecule has 1 rings (SSSR count). The summed E-state index contributed by atoms with van der Waals surface area (Å²) in [7, 11) is 0. The molecule has 1 aromatic heterocycles. The molecule has 0 aliphatic carbocycles. The van der Waals surface area contributed by atoms with Crippen molar-refractivity contribution in [1.29, 1.82) is 0 Å². The second kappa shape index (κ2) is 3.67. The number of aryl methyl sites for hydroxylation is 1. The van der Waals surface area contributed by atoms with Crippen LogP contribution in [0.15, 0.2) is 12.3 Å². The van der Waals surface area contributed by atoms with Crippen LogP contribution in [0.25, 0.3) is 0 Å². The standard InChI is InChI=1S/C11H16ClN/c1-5-9-10(12)8(6-7-13-9)11(2,3)4/h6-7H,5H2,1-4H3. The number of nitrogens with zero attached hydrogens (tertiary/aromatic N) is 1. The molecule has 0 unspecified atom stereocenters. The Labute approximate surface area is 85.1 Å². The van der Waals surface area contributed by atoms with Crippen LogP contribution < -0.4 is 0 Å². The highest BCUT2D eigenvalue weighted by Gasteiger charge is 2.18. The van der Waals surface area contributed by atoms with Gasteiger partial charge >= 0.3 is 0 Å². The average molecular weight is 198 g/mol. The van der Waals surface area contributed by atoms with Crippen LogP contribution in [0.5, 0.6) is 0 Å². The zero-order chi connectivity index (χ0) is 10.1. The van der Waals surface area contributed by atoms with E-state index in [9.17, 15) is 0 Å². The van der Waals surface area contributed by atoms with E-state index in [2.05, 4.69) is 32.7 Å². The van der Waals surface area contributed by atoms with E-state index >= 15 is 0 Å². The molecular formula is C11H16ClN. The zero-order valence-electron chi connectivity index (χ0n) is 8.69. The lowest BCUT2D eigenvalue weighted by Gasteiger charge is -2.21. The molecule has 0 fully saturated rings. The van der Waals surface area contributed by atoms with Crippen LogP contribution >= 0.6 is 11.6 Å². The summed E-state index contributed by atoms with van der Waals surface area (Å²) in [6.07, 6.45) is 2.73. The molecule has 72 valence electrons. The van der Waals surface area contributed by atoms with E-state index in [1.54, 1.807) is 0 Å². The molecule has 0 aliphatic heterocycles. The summed E-state index contributed by atoms with van der Waals surface area (Å²) in [6, 6.07) is 2.00. The molecule has 0 aliphatic rings. The van der Waals surface area contributed by atoms with Crippen molar-refractivity contribution in [2.45, 2.75) is 39.5 Å². The first kappa shape index (κ1) is 10.5. The highest BCUT2D eigenvalue weighted by atomic mass is 35.5. The van der Waals surface area contributed by atoms with Gasteiger partial charge in [0, 0.05) is 6.20 Å². The van der Waals surface area contributed by atoms with Crippen molar-refractivity contribution in [3.8, 4) is 0 Å². The van der Waals surface area contributed by atoms with Gasteiger partial charge in [-0.25, -0.2) is 0 Å². The summed E-state index contributed by atoms with van der Waals surface area (Å²) in [5.41, 5.74) is 2.28. The summed E-state index contributed by atoms with van der Waals surface area (Å²) < 4.78 is 0. The van der Waals surface area contributed by atoms with Crippen molar-refractivity contribution in [3.05, 3.63) is 28.5 Å². The fraction of sp³-hybridized carbons (Fsp3) is 0.545. The molecule has 1 nitrogen and oxygen atoms in total. The molecule has 0 atom stereocenters. The fourth-order valence-electron chi connectivity index (χ4n) is 1.31. The van der Waals surface area contributed by atoms with Crippen LogP contribution in [0.2, 0.25) is 5.02 Å². The van der Waals surface area contributed by atoms with E-state index in [0.717, 1.165) is 17.1 Å². The van der Waals surface area contributed by atoms with Crippen molar-refractivity contribution >= 4 is 11.6 Å². The second-order valence-electron chi connectivity index (χ2n) is 4.22. The number of hydrogen-bond donors (Lipinski definition) is 0. The molecule has 13 heavy (non-hydrogen) atoms. The highest BCUT2D eigenvalue weighted by Crippen LogP contribution is 2.30. The Bertz CT molecular complexity index is 299. The monoisotopic (exact) mass is 197 g/mol. The van der Waals surface area contributed by atoms with Crippen LogP contribution in [0, 0.1) is 0 Å². The molecule has 0 radical (unpaired) electrons. The van der Waals surface area contributed by atoms with Crippen molar-refractivity contribution in [3.63, 3.8) is 0 Å². The number of aromatic nitrogens is 1. The van der Waals surface area contributed by atoms with Gasteiger partial charge in [0.1, 0.15) is 0 Å². The van der Waals surface area contributed by atoms with Crippen LogP contribution in [0.3, 0.4) is 0 Å². The first-order valence-corrected chi connectivity index (χ1v) is 4.98. The Balaban J connectivity index is 3.24. The normalized spacial score (nSPS) is 11.8. The van der Waals surface area contributed by atoms with Crippen molar-refractivity contribution in [1.82, 2.24) is 4.98 Å². The quantitative estimate of drug-likeness (QED) is 0.671. The van der Waals surface area contributed by atoms with Crippen molar-refractivity contribution < 1.29 is 0 Å². The summed E-state index contributed by atoms with van der Waals surface area (Å²) in [5, 5.41) is 0.831. The molecule has 0 amide bonds. The maximum atomic E-state index is 6.23. The third-order valence-electron chi connectivity index (χ3n) is 2.10. The molecule has 1 heterocycles. The molecule has 1 aromatic rings. The summed E-state index contributed by atoms with van der Waals surface area (Å²) in [6.45, 7) is 8.55. The third kappa shape index (κ3) is 2.22. The van der Waals surface area contributed by atoms with E-state index in [1.807, 2.05) is 12.3 Å². The van der Waals surface area contributed by atoms with E-state index < -0.39 is 0 Å². The summed E-state index contributed by atoms with van der Waals surface area (Å²) in [4.78, 5) is 4.24. The third-order valence-corrected chi connectivity index (χ3v) is 2.53. The van der Waals surface area contributed by atoms with Crippen molar-refractivity contribution in [2.24, 2.45) is 0 Å². The second-order valence-corrected chi connectivity index (χ2v) is 4.60. The van der Waals surface area contributed by atoms with Gasteiger partial charge in [0.05, 0.1) is 10.7 Å². The highest BCUT2D eigenvalue weighted by molar-refractivity contribution is 6.32. The molecule has 0 saturated heterocycles. The predicted molar refractivity (Wildman–Crippen MR) is 57.3 cm³/mol. The molecule has 0 saturated carbocycles. The van der Waals surface area contributed by atoms with Gasteiger partial charge in [-0.15, -0.1) is 0 Å². The largest absolute Gasteiger partial charge is 0.260 e. The lowest BCUT2D eigenvalue weighted by Crippen LogP contribution is -2.13. The van der Waals surface area contributed by atoms with Gasteiger partial charge in [-0.1, -0.05) is 39.3 Å². The van der Waals surface area contributed by atoms with E-state index in [1.165, 1.54) is 5.56 Å². The Morgan fingerprint density at radius 1 is 1.38 bits per heavy atom. The van der Waals surface area contributed by atoms with E-state index in [4.69, 9.17) is 11.6 Å². The Morgan fingerprint density at radius 2 is 2.00 bits per heavy atom. The lowest BCUT2D eigenvalue weighted by atomic mass is 9.87. The van der Waals surface area contributed by atoms with Gasteiger partial charge in [0.25, 0.3) is 0 Å². The number of hydrogen-bond acceptors (Lipinski definition) is 1. The lowest BCUT2D eigenvalue weighted by molar-refractivity contribution is 0.588. The van der Waals surface area contributed by atoms with Gasteiger partial charge in [0.15, 0.2) is 0 Å². The SMILES string of the molecule is CCc1nccc(C(C)(C)C)c1Cl. The minimum atomic E-state index is 0.101. The zero-order valence-corrected chi connectivity index (χ0v) is 9.44. The topological polar surface area (TPSA) is 12.9 Å². The van der Waals surface area contributed by atoms with Gasteiger partial charge in [-0.2, -0.15) is 0 Å². The summed E-state index contributed by atoms with van der Waals surface area (Å²) >= 11 is 6.23. The Morgan fingerprint density at radius 3 is 2.46 bits per heavy atom. The maximum absolute atomic E-state index is 6.23. The van der Waals surface area contributed by atoms with Crippen LogP contribution in [-0.4, -0.2) is 4.98 Å². The van der Waals surface area contributed by atoms with Gasteiger partial charge in [-0.3, -0.25) is 4.98 Å². The first-order valence-electron chi connectivity index (χ1n) is 4.60. The molecule has 2 heteroatoms. The molecule has 0 bridgehead atoms. The predicted octanol–water partition coefficient (Wildman–Crippen LogP) is 3.59. The molecular weight excluding hydrogens is 182 g/mol. The molecule has 0 aromatic carbocycles. The van der Waals surface area contributed by atoms with Crippen LogP contribution in [0.1, 0.15) is 39.0 Å². The fourth-order valence-corrected chi connectivity index (χ4v) is 1.84. The molecule has 0 N–H and O–H groups in total. The van der Waals surface area contributed by atoms with Gasteiger partial charge in [-0.05, 0) is 23.5 Å². The Hall–Kier alpha value is -0.560. The number of rotatable bonds is 1. The van der Waals surface area contributed by atoms with Gasteiger partial charge < -0.3 is 0 Å². The first-order chi connectivity index (χ1) is 5.96. The van der Waals surface area contributed by atoms with Crippen LogP contribution in [0.4, 0.5) is 0 Å². The van der Waals surface area contributed by atoms with Crippen molar-refractivity contribution in [2.75, 3.05) is 0 Å².